The van der Waals surface area contributed by atoms with Crippen molar-refractivity contribution in [3.8, 4) is 0 Å². The number of rotatable bonds is 5. The summed E-state index contributed by atoms with van der Waals surface area (Å²) in [6.45, 7) is 3.78. The van der Waals surface area contributed by atoms with Crippen LogP contribution in [0.25, 0.3) is 0 Å². The number of anilines is 1. The fraction of sp³-hybridized carbons (Fsp3) is 0.316. The highest BCUT2D eigenvalue weighted by molar-refractivity contribution is 5.99. The molecule has 142 valence electrons. The number of ether oxygens (including phenoxy) is 1. The van der Waals surface area contributed by atoms with Crippen molar-refractivity contribution < 1.29 is 9.53 Å². The van der Waals surface area contributed by atoms with E-state index in [1.807, 2.05) is 18.2 Å². The van der Waals surface area contributed by atoms with Crippen molar-refractivity contribution in [2.75, 3.05) is 32.0 Å². The molecule has 1 unspecified atom stereocenters. The van der Waals surface area contributed by atoms with Gasteiger partial charge in [0.25, 0.3) is 5.91 Å². The Morgan fingerprint density at radius 3 is 2.54 bits per heavy atom. The number of morpholine rings is 1. The Hall–Kier alpha value is -1.79. The van der Waals surface area contributed by atoms with Gasteiger partial charge in [-0.15, -0.1) is 24.8 Å². The Morgan fingerprint density at radius 2 is 1.81 bits per heavy atom. The fourth-order valence-electron chi connectivity index (χ4n) is 2.89. The van der Waals surface area contributed by atoms with Gasteiger partial charge in [0.2, 0.25) is 0 Å². The van der Waals surface area contributed by atoms with Gasteiger partial charge in [-0.1, -0.05) is 42.5 Å². The van der Waals surface area contributed by atoms with E-state index in [-0.39, 0.29) is 36.8 Å². The van der Waals surface area contributed by atoms with Crippen LogP contribution in [-0.2, 0) is 11.3 Å². The third kappa shape index (κ3) is 6.18. The van der Waals surface area contributed by atoms with E-state index in [1.165, 1.54) is 5.56 Å². The van der Waals surface area contributed by atoms with Gasteiger partial charge in [-0.2, -0.15) is 0 Å². The van der Waals surface area contributed by atoms with Crippen molar-refractivity contribution in [3.05, 3.63) is 65.7 Å². The summed E-state index contributed by atoms with van der Waals surface area (Å²) >= 11 is 0. The number of hydrogen-bond acceptors (Lipinski definition) is 4. The molecule has 3 N–H and O–H groups in total. The minimum Gasteiger partial charge on any atom is -0.398 e. The van der Waals surface area contributed by atoms with Crippen LogP contribution in [-0.4, -0.2) is 43.2 Å². The molecule has 0 aliphatic carbocycles. The highest BCUT2D eigenvalue weighted by atomic mass is 35.5. The number of halogens is 2. The van der Waals surface area contributed by atoms with Gasteiger partial charge in [-0.25, -0.2) is 0 Å². The number of carbonyl (C=O) groups is 1. The second-order valence-corrected chi connectivity index (χ2v) is 6.01. The van der Waals surface area contributed by atoms with Crippen molar-refractivity contribution in [1.82, 2.24) is 10.2 Å². The summed E-state index contributed by atoms with van der Waals surface area (Å²) in [6.07, 6.45) is -0.00338. The van der Waals surface area contributed by atoms with Gasteiger partial charge in [0.1, 0.15) is 0 Å². The second kappa shape index (κ2) is 11.0. The molecule has 1 heterocycles. The molecule has 1 saturated heterocycles. The van der Waals surface area contributed by atoms with E-state index < -0.39 is 0 Å². The Labute approximate surface area is 166 Å². The molecular formula is C19H25Cl2N3O2. The zero-order chi connectivity index (χ0) is 16.8. The third-order valence-electron chi connectivity index (χ3n) is 4.17. The molecule has 1 fully saturated rings. The van der Waals surface area contributed by atoms with E-state index in [2.05, 4.69) is 34.5 Å². The molecule has 2 aromatic rings. The Balaban J connectivity index is 0.00000169. The van der Waals surface area contributed by atoms with Gasteiger partial charge in [0, 0.05) is 31.9 Å². The minimum atomic E-state index is -0.156. The highest BCUT2D eigenvalue weighted by Gasteiger charge is 2.21. The van der Waals surface area contributed by atoms with Gasteiger partial charge in [-0.3, -0.25) is 9.69 Å². The van der Waals surface area contributed by atoms with E-state index in [9.17, 15) is 4.79 Å². The number of carbonyl (C=O) groups excluding carboxylic acids is 1. The summed E-state index contributed by atoms with van der Waals surface area (Å²) in [6, 6.07) is 17.5. The lowest BCUT2D eigenvalue weighted by Crippen LogP contribution is -2.47. The van der Waals surface area contributed by atoms with Crippen LogP contribution in [0.1, 0.15) is 15.9 Å². The first-order chi connectivity index (χ1) is 11.7. The molecule has 5 nitrogen and oxygen atoms in total. The van der Waals surface area contributed by atoms with E-state index >= 15 is 0 Å². The number of nitrogen functional groups attached to an aromatic ring is 1. The van der Waals surface area contributed by atoms with Crippen molar-refractivity contribution in [1.29, 1.82) is 0 Å². The van der Waals surface area contributed by atoms with E-state index in [0.717, 1.165) is 19.6 Å². The monoisotopic (exact) mass is 397 g/mol. The topological polar surface area (TPSA) is 67.6 Å². The lowest BCUT2D eigenvalue weighted by Gasteiger charge is -2.33. The lowest BCUT2D eigenvalue weighted by molar-refractivity contribution is -0.0292. The number of amides is 1. The highest BCUT2D eigenvalue weighted by Crippen LogP contribution is 2.12. The summed E-state index contributed by atoms with van der Waals surface area (Å²) in [4.78, 5) is 14.6. The van der Waals surface area contributed by atoms with E-state index in [0.29, 0.717) is 24.4 Å². The SMILES string of the molecule is Cl.Cl.Nc1ccccc1C(=O)NCC1CN(Cc2ccccc2)CCO1. The molecule has 1 aliphatic rings. The van der Waals surface area contributed by atoms with Gasteiger partial charge >= 0.3 is 0 Å². The molecular weight excluding hydrogens is 373 g/mol. The summed E-state index contributed by atoms with van der Waals surface area (Å²) in [5.41, 5.74) is 8.13. The predicted octanol–water partition coefficient (Wildman–Crippen LogP) is 2.74. The van der Waals surface area contributed by atoms with Crippen LogP contribution in [0, 0.1) is 0 Å². The van der Waals surface area contributed by atoms with Crippen LogP contribution < -0.4 is 11.1 Å². The average Bonchev–Trinajstić information content (AvgIpc) is 2.61. The van der Waals surface area contributed by atoms with E-state index in [1.54, 1.807) is 12.1 Å². The van der Waals surface area contributed by atoms with Gasteiger partial charge in [0.15, 0.2) is 0 Å². The molecule has 0 saturated carbocycles. The molecule has 26 heavy (non-hydrogen) atoms. The van der Waals surface area contributed by atoms with E-state index in [4.69, 9.17) is 10.5 Å². The van der Waals surface area contributed by atoms with Crippen LogP contribution in [0.5, 0.6) is 0 Å². The van der Waals surface area contributed by atoms with Crippen molar-refractivity contribution in [2.24, 2.45) is 0 Å². The quantitative estimate of drug-likeness (QED) is 0.761. The maximum Gasteiger partial charge on any atom is 0.253 e. The Bertz CT molecular complexity index is 685. The molecule has 0 radical (unpaired) electrons. The molecule has 0 bridgehead atoms. The standard InChI is InChI=1S/C19H23N3O2.2ClH/c20-18-9-5-4-8-17(18)19(23)21-12-16-14-22(10-11-24-16)13-15-6-2-1-3-7-15;;/h1-9,16H,10-14,20H2,(H,21,23);2*1H. The number of hydrogen-bond donors (Lipinski definition) is 2. The third-order valence-corrected chi connectivity index (χ3v) is 4.17. The predicted molar refractivity (Wildman–Crippen MR) is 109 cm³/mol. The largest absolute Gasteiger partial charge is 0.398 e. The first-order valence-corrected chi connectivity index (χ1v) is 8.23. The number of benzene rings is 2. The van der Waals surface area contributed by atoms with Gasteiger partial charge in [0.05, 0.1) is 18.3 Å². The maximum atomic E-state index is 12.2. The van der Waals surface area contributed by atoms with Crippen molar-refractivity contribution in [3.63, 3.8) is 0 Å². The van der Waals surface area contributed by atoms with Crippen LogP contribution in [0.3, 0.4) is 0 Å². The second-order valence-electron chi connectivity index (χ2n) is 6.01. The first kappa shape index (κ1) is 22.3. The smallest absolute Gasteiger partial charge is 0.253 e. The molecule has 1 amide bonds. The van der Waals surface area contributed by atoms with Crippen LogP contribution in [0.2, 0.25) is 0 Å². The summed E-state index contributed by atoms with van der Waals surface area (Å²) in [5, 5.41) is 2.92. The number of nitrogens with two attached hydrogens (primary N) is 1. The number of nitrogens with zero attached hydrogens (tertiary/aromatic N) is 1. The van der Waals surface area contributed by atoms with Crippen LogP contribution in [0.15, 0.2) is 54.6 Å². The summed E-state index contributed by atoms with van der Waals surface area (Å²) in [7, 11) is 0. The Morgan fingerprint density at radius 1 is 1.12 bits per heavy atom. The van der Waals surface area contributed by atoms with Gasteiger partial charge in [-0.05, 0) is 17.7 Å². The molecule has 3 rings (SSSR count). The van der Waals surface area contributed by atoms with Crippen LogP contribution >= 0.6 is 24.8 Å². The van der Waals surface area contributed by atoms with Gasteiger partial charge < -0.3 is 15.8 Å². The molecule has 2 aromatic carbocycles. The lowest BCUT2D eigenvalue weighted by atomic mass is 10.1. The summed E-state index contributed by atoms with van der Waals surface area (Å²) < 4.78 is 5.77. The van der Waals surface area contributed by atoms with Crippen LogP contribution in [0.4, 0.5) is 5.69 Å². The first-order valence-electron chi connectivity index (χ1n) is 8.23. The summed E-state index contributed by atoms with van der Waals surface area (Å²) in [5.74, 6) is -0.156. The molecule has 0 spiro atoms. The molecule has 7 heteroatoms. The number of para-hydroxylation sites is 1. The average molecular weight is 398 g/mol. The molecule has 0 aromatic heterocycles. The Kier molecular flexibility index (Phi) is 9.44. The molecule has 1 atom stereocenters. The maximum absolute atomic E-state index is 12.2. The van der Waals surface area contributed by atoms with Crippen molar-refractivity contribution in [2.45, 2.75) is 12.6 Å². The normalized spacial score (nSPS) is 16.8. The number of nitrogens with one attached hydrogen (secondary N) is 1. The molecule has 1 aliphatic heterocycles. The zero-order valence-electron chi connectivity index (χ0n) is 14.5. The van der Waals surface area contributed by atoms with Crippen molar-refractivity contribution >= 4 is 36.4 Å². The minimum absolute atomic E-state index is 0. The fourth-order valence-corrected chi connectivity index (χ4v) is 2.89. The zero-order valence-corrected chi connectivity index (χ0v) is 16.1.